The van der Waals surface area contributed by atoms with Crippen LogP contribution in [0.1, 0.15) is 26.7 Å². The highest BCUT2D eigenvalue weighted by molar-refractivity contribution is 5.76. The molecule has 1 N–H and O–H groups in total. The molecule has 0 saturated heterocycles. The van der Waals surface area contributed by atoms with E-state index in [1.54, 1.807) is 14.0 Å². The smallest absolute Gasteiger partial charge is 0.320 e. The van der Waals surface area contributed by atoms with Crippen molar-refractivity contribution in [3.05, 3.63) is 0 Å². The number of hydrogen-bond donors (Lipinski definition) is 1. The van der Waals surface area contributed by atoms with Gasteiger partial charge in [0.25, 0.3) is 0 Å². The van der Waals surface area contributed by atoms with Gasteiger partial charge in [0.2, 0.25) is 5.91 Å². The van der Waals surface area contributed by atoms with Gasteiger partial charge in [-0.05, 0) is 19.9 Å². The molecule has 0 heterocycles. The second kappa shape index (κ2) is 9.15. The van der Waals surface area contributed by atoms with Crippen molar-refractivity contribution in [3.63, 3.8) is 0 Å². The molecule has 0 unspecified atom stereocenters. The quantitative estimate of drug-likeness (QED) is 0.613. The Kier molecular flexibility index (Phi) is 8.52. The predicted molar refractivity (Wildman–Crippen MR) is 62.0 cm³/mol. The molecule has 0 rings (SSSR count). The third kappa shape index (κ3) is 7.23. The highest BCUT2D eigenvalue weighted by atomic mass is 16.5. The molecule has 0 saturated carbocycles. The summed E-state index contributed by atoms with van der Waals surface area (Å²) in [5.41, 5.74) is 0. The second-order valence-electron chi connectivity index (χ2n) is 3.50. The summed E-state index contributed by atoms with van der Waals surface area (Å²) in [6, 6.07) is 0. The van der Waals surface area contributed by atoms with E-state index in [2.05, 4.69) is 5.32 Å². The molecular formula is C11H22N2O3. The van der Waals surface area contributed by atoms with Crippen LogP contribution >= 0.6 is 0 Å². The Labute approximate surface area is 97.1 Å². The van der Waals surface area contributed by atoms with E-state index in [1.165, 1.54) is 0 Å². The molecule has 0 atom stereocenters. The Balaban J connectivity index is 3.96. The number of hydrogen-bond acceptors (Lipinski definition) is 4. The van der Waals surface area contributed by atoms with Crippen LogP contribution in [0.15, 0.2) is 0 Å². The maximum atomic E-state index is 11.3. The fraction of sp³-hybridized carbons (Fsp3) is 0.818. The summed E-state index contributed by atoms with van der Waals surface area (Å²) >= 11 is 0. The fourth-order valence-corrected chi connectivity index (χ4v) is 1.36. The molecule has 1 amide bonds. The van der Waals surface area contributed by atoms with Gasteiger partial charge in [-0.15, -0.1) is 0 Å². The molecule has 0 spiro atoms. The fourth-order valence-electron chi connectivity index (χ4n) is 1.36. The lowest BCUT2D eigenvalue weighted by Crippen LogP contribution is -2.34. The molecule has 0 aromatic heterocycles. The Bertz CT molecular complexity index is 219. The molecular weight excluding hydrogens is 208 g/mol. The zero-order valence-electron chi connectivity index (χ0n) is 10.4. The standard InChI is InChI=1S/C11H22N2O3/c1-4-7-13(8-6-10(14)12-3)9-11(15)16-5-2/h4-9H2,1-3H3,(H,12,14). The summed E-state index contributed by atoms with van der Waals surface area (Å²) in [7, 11) is 1.61. The molecule has 5 heteroatoms. The van der Waals surface area contributed by atoms with Crippen LogP contribution in [-0.4, -0.2) is 50.1 Å². The molecule has 0 bridgehead atoms. The molecule has 0 radical (unpaired) electrons. The van der Waals surface area contributed by atoms with Crippen molar-refractivity contribution in [1.82, 2.24) is 10.2 Å². The molecule has 5 nitrogen and oxygen atoms in total. The number of nitrogens with one attached hydrogen (secondary N) is 1. The molecule has 0 aliphatic heterocycles. The van der Waals surface area contributed by atoms with Crippen molar-refractivity contribution >= 4 is 11.9 Å². The summed E-state index contributed by atoms with van der Waals surface area (Å²) in [6.07, 6.45) is 1.36. The number of rotatable bonds is 8. The first-order valence-corrected chi connectivity index (χ1v) is 5.72. The Morgan fingerprint density at radius 1 is 1.25 bits per heavy atom. The van der Waals surface area contributed by atoms with E-state index in [-0.39, 0.29) is 18.4 Å². The molecule has 94 valence electrons. The first-order valence-electron chi connectivity index (χ1n) is 5.72. The van der Waals surface area contributed by atoms with E-state index < -0.39 is 0 Å². The molecule has 0 aliphatic rings. The Morgan fingerprint density at radius 3 is 2.44 bits per heavy atom. The molecule has 16 heavy (non-hydrogen) atoms. The van der Waals surface area contributed by atoms with Crippen LogP contribution in [0.4, 0.5) is 0 Å². The third-order valence-corrected chi connectivity index (χ3v) is 2.13. The van der Waals surface area contributed by atoms with Crippen LogP contribution in [0.25, 0.3) is 0 Å². The van der Waals surface area contributed by atoms with Gasteiger partial charge in [-0.1, -0.05) is 6.92 Å². The van der Waals surface area contributed by atoms with Crippen LogP contribution in [-0.2, 0) is 14.3 Å². The van der Waals surface area contributed by atoms with Gasteiger partial charge in [-0.3, -0.25) is 14.5 Å². The highest BCUT2D eigenvalue weighted by Crippen LogP contribution is 1.95. The lowest BCUT2D eigenvalue weighted by atomic mass is 10.3. The second-order valence-corrected chi connectivity index (χ2v) is 3.50. The number of ether oxygens (including phenoxy) is 1. The van der Waals surface area contributed by atoms with E-state index >= 15 is 0 Å². The zero-order valence-corrected chi connectivity index (χ0v) is 10.4. The van der Waals surface area contributed by atoms with Gasteiger partial charge in [0.05, 0.1) is 13.2 Å². The Hall–Kier alpha value is -1.10. The lowest BCUT2D eigenvalue weighted by Gasteiger charge is -2.19. The largest absolute Gasteiger partial charge is 0.465 e. The third-order valence-electron chi connectivity index (χ3n) is 2.13. The summed E-state index contributed by atoms with van der Waals surface area (Å²) in [5.74, 6) is -0.238. The van der Waals surface area contributed by atoms with Crippen LogP contribution in [0.3, 0.4) is 0 Å². The summed E-state index contributed by atoms with van der Waals surface area (Å²) in [4.78, 5) is 24.3. The van der Waals surface area contributed by atoms with E-state index in [0.717, 1.165) is 13.0 Å². The predicted octanol–water partition coefficient (Wildman–Crippen LogP) is 0.398. The van der Waals surface area contributed by atoms with E-state index in [1.807, 2.05) is 11.8 Å². The zero-order chi connectivity index (χ0) is 12.4. The van der Waals surface area contributed by atoms with Crippen LogP contribution < -0.4 is 5.32 Å². The van der Waals surface area contributed by atoms with Crippen molar-refractivity contribution in [1.29, 1.82) is 0 Å². The lowest BCUT2D eigenvalue weighted by molar-refractivity contribution is -0.144. The van der Waals surface area contributed by atoms with Gasteiger partial charge in [0.15, 0.2) is 0 Å². The molecule has 0 aromatic carbocycles. The van der Waals surface area contributed by atoms with Crippen molar-refractivity contribution in [2.45, 2.75) is 26.7 Å². The number of amides is 1. The number of carbonyl (C=O) groups excluding carboxylic acids is 2. The van der Waals surface area contributed by atoms with Crippen molar-refractivity contribution in [2.75, 3.05) is 33.3 Å². The van der Waals surface area contributed by atoms with Gasteiger partial charge in [0, 0.05) is 20.0 Å². The van der Waals surface area contributed by atoms with Crippen LogP contribution in [0, 0.1) is 0 Å². The highest BCUT2D eigenvalue weighted by Gasteiger charge is 2.11. The van der Waals surface area contributed by atoms with Crippen LogP contribution in [0.5, 0.6) is 0 Å². The van der Waals surface area contributed by atoms with Crippen molar-refractivity contribution in [2.24, 2.45) is 0 Å². The minimum atomic E-state index is -0.229. The van der Waals surface area contributed by atoms with Crippen molar-refractivity contribution < 1.29 is 14.3 Å². The number of esters is 1. The van der Waals surface area contributed by atoms with Gasteiger partial charge in [-0.25, -0.2) is 0 Å². The first-order chi connectivity index (χ1) is 7.63. The van der Waals surface area contributed by atoms with Gasteiger partial charge < -0.3 is 10.1 Å². The maximum absolute atomic E-state index is 11.3. The Morgan fingerprint density at radius 2 is 1.94 bits per heavy atom. The average Bonchev–Trinajstić information content (AvgIpc) is 2.26. The number of carbonyl (C=O) groups is 2. The molecule has 0 aromatic rings. The average molecular weight is 230 g/mol. The minimum Gasteiger partial charge on any atom is -0.465 e. The topological polar surface area (TPSA) is 58.6 Å². The first kappa shape index (κ1) is 14.9. The molecule has 0 aliphatic carbocycles. The normalized spacial score (nSPS) is 10.2. The SMILES string of the molecule is CCCN(CCC(=O)NC)CC(=O)OCC. The maximum Gasteiger partial charge on any atom is 0.320 e. The minimum absolute atomic E-state index is 0.00929. The summed E-state index contributed by atoms with van der Waals surface area (Å²) in [6.45, 7) is 5.87. The van der Waals surface area contributed by atoms with Gasteiger partial charge in [0.1, 0.15) is 0 Å². The summed E-state index contributed by atoms with van der Waals surface area (Å²) in [5, 5.41) is 2.56. The number of nitrogens with zero attached hydrogens (tertiary/aromatic N) is 1. The van der Waals surface area contributed by atoms with Gasteiger partial charge >= 0.3 is 5.97 Å². The monoisotopic (exact) mass is 230 g/mol. The van der Waals surface area contributed by atoms with Gasteiger partial charge in [-0.2, -0.15) is 0 Å². The van der Waals surface area contributed by atoms with Crippen molar-refractivity contribution in [3.8, 4) is 0 Å². The summed E-state index contributed by atoms with van der Waals surface area (Å²) < 4.78 is 4.87. The van der Waals surface area contributed by atoms with E-state index in [0.29, 0.717) is 19.6 Å². The molecule has 0 fully saturated rings. The van der Waals surface area contributed by atoms with E-state index in [4.69, 9.17) is 4.74 Å². The van der Waals surface area contributed by atoms with E-state index in [9.17, 15) is 9.59 Å². The van der Waals surface area contributed by atoms with Crippen LogP contribution in [0.2, 0.25) is 0 Å².